The third-order valence-electron chi connectivity index (χ3n) is 2.73. The Morgan fingerprint density at radius 2 is 2.29 bits per heavy atom. The Labute approximate surface area is 85.4 Å². The molecule has 1 aliphatic carbocycles. The van der Waals surface area contributed by atoms with Crippen molar-refractivity contribution in [3.05, 3.63) is 0 Å². The van der Waals surface area contributed by atoms with Crippen LogP contribution in [0.4, 0.5) is 0 Å². The Kier molecular flexibility index (Phi) is 4.35. The molecule has 4 heteroatoms. The van der Waals surface area contributed by atoms with Gasteiger partial charge in [0.25, 0.3) is 0 Å². The molecule has 1 amide bonds. The van der Waals surface area contributed by atoms with Crippen LogP contribution < -0.4 is 5.73 Å². The van der Waals surface area contributed by atoms with E-state index in [-0.39, 0.29) is 18.6 Å². The van der Waals surface area contributed by atoms with Crippen molar-refractivity contribution < 1.29 is 9.53 Å². The average molecular weight is 200 g/mol. The number of carbonyl (C=O) groups excluding carboxylic acids is 1. The molecule has 0 aromatic carbocycles. The molecule has 0 spiro atoms. The van der Waals surface area contributed by atoms with Crippen molar-refractivity contribution >= 4 is 5.91 Å². The molecule has 1 atom stereocenters. The number of likely N-dealkylation sites (N-methyl/N-ethyl adjacent to an activating group) is 1. The highest BCUT2D eigenvalue weighted by atomic mass is 16.5. The van der Waals surface area contributed by atoms with Crippen LogP contribution in [-0.4, -0.2) is 43.7 Å². The largest absolute Gasteiger partial charge is 0.372 e. The molecule has 0 bridgehead atoms. The van der Waals surface area contributed by atoms with Crippen molar-refractivity contribution in [2.75, 3.05) is 26.8 Å². The van der Waals surface area contributed by atoms with Crippen LogP contribution in [0, 0.1) is 5.92 Å². The van der Waals surface area contributed by atoms with Crippen LogP contribution in [0.2, 0.25) is 0 Å². The minimum atomic E-state index is 0.0363. The summed E-state index contributed by atoms with van der Waals surface area (Å²) in [7, 11) is 1.82. The summed E-state index contributed by atoms with van der Waals surface area (Å²) in [5.41, 5.74) is 5.65. The van der Waals surface area contributed by atoms with Crippen molar-refractivity contribution in [1.82, 2.24) is 4.90 Å². The van der Waals surface area contributed by atoms with Crippen LogP contribution in [0.1, 0.15) is 19.8 Å². The first kappa shape index (κ1) is 11.5. The quantitative estimate of drug-likeness (QED) is 0.667. The smallest absolute Gasteiger partial charge is 0.248 e. The summed E-state index contributed by atoms with van der Waals surface area (Å²) in [6.45, 7) is 3.19. The molecule has 0 radical (unpaired) electrons. The number of hydrogen-bond donors (Lipinski definition) is 1. The second-order valence-electron chi connectivity index (χ2n) is 3.78. The minimum Gasteiger partial charge on any atom is -0.372 e. The standard InChI is InChI=1S/C10H20N2O2/c1-3-14-7-10(13)12(2)9(6-11)8-4-5-8/h8-9H,3-7,11H2,1-2H3. The van der Waals surface area contributed by atoms with E-state index < -0.39 is 0 Å². The van der Waals surface area contributed by atoms with Gasteiger partial charge in [-0.1, -0.05) is 0 Å². The van der Waals surface area contributed by atoms with Crippen molar-refractivity contribution in [3.63, 3.8) is 0 Å². The lowest BCUT2D eigenvalue weighted by molar-refractivity contribution is -0.137. The van der Waals surface area contributed by atoms with Crippen LogP contribution in [0.3, 0.4) is 0 Å². The number of rotatable bonds is 6. The molecule has 0 aliphatic heterocycles. The maximum absolute atomic E-state index is 11.6. The van der Waals surface area contributed by atoms with E-state index in [1.54, 1.807) is 4.90 Å². The van der Waals surface area contributed by atoms with E-state index >= 15 is 0 Å². The fourth-order valence-corrected chi connectivity index (χ4v) is 1.62. The zero-order chi connectivity index (χ0) is 10.6. The Morgan fingerprint density at radius 3 is 2.71 bits per heavy atom. The molecule has 0 saturated heterocycles. The first-order chi connectivity index (χ1) is 6.70. The van der Waals surface area contributed by atoms with E-state index in [1.165, 1.54) is 12.8 Å². The van der Waals surface area contributed by atoms with Gasteiger partial charge >= 0.3 is 0 Å². The molecular weight excluding hydrogens is 180 g/mol. The Bertz CT molecular complexity index is 193. The molecule has 1 saturated carbocycles. The number of amides is 1. The molecule has 82 valence electrons. The summed E-state index contributed by atoms with van der Waals surface area (Å²) < 4.78 is 5.08. The maximum Gasteiger partial charge on any atom is 0.248 e. The summed E-state index contributed by atoms with van der Waals surface area (Å²) >= 11 is 0. The lowest BCUT2D eigenvalue weighted by atomic mass is 10.1. The summed E-state index contributed by atoms with van der Waals surface area (Å²) in [4.78, 5) is 13.3. The van der Waals surface area contributed by atoms with Gasteiger partial charge in [-0.15, -0.1) is 0 Å². The summed E-state index contributed by atoms with van der Waals surface area (Å²) in [6.07, 6.45) is 2.41. The highest BCUT2D eigenvalue weighted by Gasteiger charge is 2.34. The second-order valence-corrected chi connectivity index (χ2v) is 3.78. The van der Waals surface area contributed by atoms with Crippen LogP contribution in [0.25, 0.3) is 0 Å². The zero-order valence-electron chi connectivity index (χ0n) is 9.03. The maximum atomic E-state index is 11.6. The molecule has 1 fully saturated rings. The van der Waals surface area contributed by atoms with Gasteiger partial charge in [0, 0.05) is 26.2 Å². The molecule has 4 nitrogen and oxygen atoms in total. The number of hydrogen-bond acceptors (Lipinski definition) is 3. The van der Waals surface area contributed by atoms with Crippen molar-refractivity contribution in [1.29, 1.82) is 0 Å². The van der Waals surface area contributed by atoms with Crippen LogP contribution in [-0.2, 0) is 9.53 Å². The lowest BCUT2D eigenvalue weighted by Gasteiger charge is -2.26. The molecule has 0 aromatic heterocycles. The molecule has 14 heavy (non-hydrogen) atoms. The van der Waals surface area contributed by atoms with E-state index in [9.17, 15) is 4.79 Å². The van der Waals surface area contributed by atoms with Gasteiger partial charge in [-0.25, -0.2) is 0 Å². The molecule has 1 unspecified atom stereocenters. The third-order valence-corrected chi connectivity index (χ3v) is 2.73. The average Bonchev–Trinajstić information content (AvgIpc) is 2.99. The monoisotopic (exact) mass is 200 g/mol. The normalized spacial score (nSPS) is 17.9. The third kappa shape index (κ3) is 2.96. The van der Waals surface area contributed by atoms with Crippen LogP contribution in [0.15, 0.2) is 0 Å². The number of nitrogens with two attached hydrogens (primary N) is 1. The Morgan fingerprint density at radius 1 is 1.64 bits per heavy atom. The van der Waals surface area contributed by atoms with Gasteiger partial charge in [-0.3, -0.25) is 4.79 Å². The van der Waals surface area contributed by atoms with Crippen molar-refractivity contribution in [2.24, 2.45) is 11.7 Å². The first-order valence-corrected chi connectivity index (χ1v) is 5.24. The van der Waals surface area contributed by atoms with Gasteiger partial charge in [0.1, 0.15) is 6.61 Å². The highest BCUT2D eigenvalue weighted by molar-refractivity contribution is 5.77. The highest BCUT2D eigenvalue weighted by Crippen LogP contribution is 2.34. The van der Waals surface area contributed by atoms with E-state index in [0.717, 1.165) is 0 Å². The van der Waals surface area contributed by atoms with E-state index in [0.29, 0.717) is 19.1 Å². The number of nitrogens with zero attached hydrogens (tertiary/aromatic N) is 1. The second kappa shape index (κ2) is 5.32. The summed E-state index contributed by atoms with van der Waals surface area (Å²) in [6, 6.07) is 0.211. The fourth-order valence-electron chi connectivity index (χ4n) is 1.62. The molecule has 1 rings (SSSR count). The topological polar surface area (TPSA) is 55.6 Å². The van der Waals surface area contributed by atoms with Gasteiger partial charge in [0.05, 0.1) is 0 Å². The molecular formula is C10H20N2O2. The number of ether oxygens (including phenoxy) is 1. The van der Waals surface area contributed by atoms with Crippen molar-refractivity contribution in [2.45, 2.75) is 25.8 Å². The van der Waals surface area contributed by atoms with Crippen molar-refractivity contribution in [3.8, 4) is 0 Å². The SMILES string of the molecule is CCOCC(=O)N(C)C(CN)C1CC1. The predicted molar refractivity (Wildman–Crippen MR) is 54.8 cm³/mol. The Hall–Kier alpha value is -0.610. The summed E-state index contributed by atoms with van der Waals surface area (Å²) in [5, 5.41) is 0. The lowest BCUT2D eigenvalue weighted by Crippen LogP contribution is -2.44. The molecule has 0 aromatic rings. The minimum absolute atomic E-state index is 0.0363. The van der Waals surface area contributed by atoms with E-state index in [2.05, 4.69) is 0 Å². The summed E-state index contributed by atoms with van der Waals surface area (Å²) in [5.74, 6) is 0.657. The van der Waals surface area contributed by atoms with Crippen LogP contribution >= 0.6 is 0 Å². The van der Waals surface area contributed by atoms with Gasteiger partial charge in [0.15, 0.2) is 0 Å². The Balaban J connectivity index is 2.36. The van der Waals surface area contributed by atoms with Gasteiger partial charge in [0.2, 0.25) is 5.91 Å². The molecule has 1 aliphatic rings. The van der Waals surface area contributed by atoms with Gasteiger partial charge < -0.3 is 15.4 Å². The molecule has 0 heterocycles. The number of carbonyl (C=O) groups is 1. The molecule has 2 N–H and O–H groups in total. The van der Waals surface area contributed by atoms with Gasteiger partial charge in [-0.05, 0) is 25.7 Å². The van der Waals surface area contributed by atoms with E-state index in [4.69, 9.17) is 10.5 Å². The van der Waals surface area contributed by atoms with Crippen LogP contribution in [0.5, 0.6) is 0 Å². The zero-order valence-corrected chi connectivity index (χ0v) is 9.03. The van der Waals surface area contributed by atoms with Gasteiger partial charge in [-0.2, -0.15) is 0 Å². The first-order valence-electron chi connectivity index (χ1n) is 5.24. The predicted octanol–water partition coefficient (Wildman–Crippen LogP) is 0.219. The van der Waals surface area contributed by atoms with E-state index in [1.807, 2.05) is 14.0 Å². The fraction of sp³-hybridized carbons (Fsp3) is 0.900.